The zero-order valence-corrected chi connectivity index (χ0v) is 8.47. The molecule has 0 radical (unpaired) electrons. The fourth-order valence-corrected chi connectivity index (χ4v) is 1.71. The molecule has 17 heavy (non-hydrogen) atoms. The summed E-state index contributed by atoms with van der Waals surface area (Å²) in [6.45, 7) is 0. The number of nitrogens with two attached hydrogens (primary N) is 2. The highest BCUT2D eigenvalue weighted by Gasteiger charge is 2.41. The molecule has 0 aromatic heterocycles. The number of hydrogen-bond donors (Lipinski definition) is 2. The quantitative estimate of drug-likeness (QED) is 0.628. The van der Waals surface area contributed by atoms with E-state index in [-0.39, 0.29) is 16.8 Å². The van der Waals surface area contributed by atoms with E-state index in [2.05, 4.69) is 0 Å². The second-order valence-corrected chi connectivity index (χ2v) is 3.37. The van der Waals surface area contributed by atoms with E-state index in [9.17, 15) is 19.2 Å². The van der Waals surface area contributed by atoms with Crippen molar-refractivity contribution in [3.8, 4) is 0 Å². The van der Waals surface area contributed by atoms with E-state index >= 15 is 0 Å². The number of imide groups is 1. The van der Waals surface area contributed by atoms with Crippen LogP contribution in [0.25, 0.3) is 0 Å². The zero-order chi connectivity index (χ0) is 12.7. The Morgan fingerprint density at radius 2 is 1.76 bits per heavy atom. The molecule has 0 fully saturated rings. The van der Waals surface area contributed by atoms with Gasteiger partial charge in [0.25, 0.3) is 5.78 Å². The van der Waals surface area contributed by atoms with Gasteiger partial charge in [-0.05, 0) is 12.1 Å². The van der Waals surface area contributed by atoms with Gasteiger partial charge in [0.15, 0.2) is 0 Å². The maximum absolute atomic E-state index is 11.6. The summed E-state index contributed by atoms with van der Waals surface area (Å²) >= 11 is 0. The normalized spacial score (nSPS) is 13.8. The van der Waals surface area contributed by atoms with E-state index < -0.39 is 23.6 Å². The number of Topliss-reactive ketones (excluding diaryl/α,β-unsaturated/α-hetero) is 1. The molecule has 7 nitrogen and oxygen atoms in total. The third kappa shape index (κ3) is 1.36. The van der Waals surface area contributed by atoms with Crippen LogP contribution >= 0.6 is 0 Å². The smallest absolute Gasteiger partial charge is 0.326 e. The molecule has 2 rings (SSSR count). The lowest BCUT2D eigenvalue weighted by molar-refractivity contribution is -0.113. The average Bonchev–Trinajstić information content (AvgIpc) is 2.51. The minimum absolute atomic E-state index is 0.0104. The number of rotatable bonds is 1. The molecule has 1 aromatic rings. The van der Waals surface area contributed by atoms with Crippen molar-refractivity contribution in [2.45, 2.75) is 0 Å². The molecule has 0 saturated heterocycles. The van der Waals surface area contributed by atoms with Gasteiger partial charge in [-0.3, -0.25) is 14.4 Å². The molecule has 4 N–H and O–H groups in total. The summed E-state index contributed by atoms with van der Waals surface area (Å²) in [5.41, 5.74) is 9.77. The van der Waals surface area contributed by atoms with Gasteiger partial charge < -0.3 is 11.5 Å². The molecule has 1 heterocycles. The fraction of sp³-hybridized carbons (Fsp3) is 0. The molecule has 0 unspecified atom stereocenters. The average molecular weight is 233 g/mol. The minimum Gasteiger partial charge on any atom is -0.366 e. The van der Waals surface area contributed by atoms with Crippen molar-refractivity contribution in [3.05, 3.63) is 29.3 Å². The molecule has 7 heteroatoms. The first kappa shape index (κ1) is 10.8. The molecule has 0 bridgehead atoms. The van der Waals surface area contributed by atoms with Gasteiger partial charge in [-0.15, -0.1) is 0 Å². The number of nitrogens with zero attached hydrogens (tertiary/aromatic N) is 1. The Morgan fingerprint density at radius 1 is 1.12 bits per heavy atom. The van der Waals surface area contributed by atoms with Crippen LogP contribution in [0.5, 0.6) is 0 Å². The Morgan fingerprint density at radius 3 is 2.29 bits per heavy atom. The van der Waals surface area contributed by atoms with Crippen molar-refractivity contribution in [1.29, 1.82) is 0 Å². The molecule has 0 saturated carbocycles. The van der Waals surface area contributed by atoms with Crippen LogP contribution < -0.4 is 16.4 Å². The summed E-state index contributed by atoms with van der Waals surface area (Å²) in [6.07, 6.45) is 0. The molecule has 0 atom stereocenters. The van der Waals surface area contributed by atoms with Crippen LogP contribution in [0.3, 0.4) is 0 Å². The highest BCUT2D eigenvalue weighted by Crippen LogP contribution is 2.31. The van der Waals surface area contributed by atoms with Crippen molar-refractivity contribution >= 4 is 29.3 Å². The third-order valence-electron chi connectivity index (χ3n) is 2.39. The van der Waals surface area contributed by atoms with Crippen molar-refractivity contribution in [2.24, 2.45) is 11.5 Å². The van der Waals surface area contributed by atoms with Crippen molar-refractivity contribution in [2.75, 3.05) is 4.90 Å². The Kier molecular flexibility index (Phi) is 2.17. The first-order chi connectivity index (χ1) is 7.95. The summed E-state index contributed by atoms with van der Waals surface area (Å²) in [7, 11) is 0. The number of carbonyl (C=O) groups excluding carboxylic acids is 4. The van der Waals surface area contributed by atoms with Crippen LogP contribution in [-0.2, 0) is 4.79 Å². The molecule has 4 amide bonds. The van der Waals surface area contributed by atoms with E-state index in [1.165, 1.54) is 18.2 Å². The maximum atomic E-state index is 11.6. The van der Waals surface area contributed by atoms with Gasteiger partial charge in [-0.1, -0.05) is 6.07 Å². The van der Waals surface area contributed by atoms with Gasteiger partial charge >= 0.3 is 11.9 Å². The van der Waals surface area contributed by atoms with Crippen LogP contribution in [0.4, 0.5) is 10.5 Å². The number of ketones is 1. The summed E-state index contributed by atoms with van der Waals surface area (Å²) in [5.74, 6) is -2.90. The van der Waals surface area contributed by atoms with Crippen molar-refractivity contribution in [1.82, 2.24) is 0 Å². The summed E-state index contributed by atoms with van der Waals surface area (Å²) in [4.78, 5) is 45.8. The summed E-state index contributed by atoms with van der Waals surface area (Å²) in [5, 5.41) is 0. The lowest BCUT2D eigenvalue weighted by Crippen LogP contribution is -2.39. The predicted octanol–water partition coefficient (Wildman–Crippen LogP) is -0.607. The number of benzene rings is 1. The molecular weight excluding hydrogens is 226 g/mol. The predicted molar refractivity (Wildman–Crippen MR) is 56.4 cm³/mol. The SMILES string of the molecule is NC(=O)c1cccc2c1C(=O)C(=O)N2C(N)=O. The fourth-order valence-electron chi connectivity index (χ4n) is 1.71. The Balaban J connectivity index is 2.74. The van der Waals surface area contributed by atoms with Crippen LogP contribution in [-0.4, -0.2) is 23.6 Å². The van der Waals surface area contributed by atoms with Crippen molar-refractivity contribution in [3.63, 3.8) is 0 Å². The lowest BCUT2D eigenvalue weighted by atomic mass is 10.0. The van der Waals surface area contributed by atoms with Gasteiger partial charge in [0.1, 0.15) is 0 Å². The van der Waals surface area contributed by atoms with Gasteiger partial charge in [0.05, 0.1) is 16.8 Å². The van der Waals surface area contributed by atoms with Crippen LogP contribution in [0.1, 0.15) is 20.7 Å². The largest absolute Gasteiger partial charge is 0.366 e. The molecule has 1 aromatic carbocycles. The number of hydrogen-bond acceptors (Lipinski definition) is 4. The lowest BCUT2D eigenvalue weighted by Gasteiger charge is -2.10. The van der Waals surface area contributed by atoms with Gasteiger partial charge in [-0.2, -0.15) is 0 Å². The Hall–Kier alpha value is -2.70. The monoisotopic (exact) mass is 233 g/mol. The number of carbonyl (C=O) groups is 4. The van der Waals surface area contributed by atoms with E-state index in [4.69, 9.17) is 11.5 Å². The number of anilines is 1. The van der Waals surface area contributed by atoms with Gasteiger partial charge in [-0.25, -0.2) is 9.69 Å². The maximum Gasteiger partial charge on any atom is 0.326 e. The summed E-state index contributed by atoms with van der Waals surface area (Å²) < 4.78 is 0. The minimum atomic E-state index is -1.08. The van der Waals surface area contributed by atoms with Crippen LogP contribution in [0.2, 0.25) is 0 Å². The highest BCUT2D eigenvalue weighted by atomic mass is 16.2. The molecular formula is C10H7N3O4. The molecule has 86 valence electrons. The molecule has 1 aliphatic rings. The second-order valence-electron chi connectivity index (χ2n) is 3.37. The molecule has 0 aliphatic carbocycles. The van der Waals surface area contributed by atoms with Gasteiger partial charge in [0, 0.05) is 0 Å². The Labute approximate surface area is 95.0 Å². The first-order valence-electron chi connectivity index (χ1n) is 4.56. The standard InChI is InChI=1S/C10H7N3O4/c11-8(15)4-2-1-3-5-6(4)7(14)9(16)13(5)10(12)17/h1-3H,(H2,11,15)(H2,12,17). The highest BCUT2D eigenvalue weighted by molar-refractivity contribution is 6.57. The zero-order valence-electron chi connectivity index (χ0n) is 8.47. The first-order valence-corrected chi connectivity index (χ1v) is 4.56. The van der Waals surface area contributed by atoms with E-state index in [0.717, 1.165) is 0 Å². The topological polar surface area (TPSA) is 124 Å². The van der Waals surface area contributed by atoms with Crippen LogP contribution in [0.15, 0.2) is 18.2 Å². The number of fused-ring (bicyclic) bond motifs is 1. The van der Waals surface area contributed by atoms with Crippen molar-refractivity contribution < 1.29 is 19.2 Å². The second kappa shape index (κ2) is 3.41. The number of urea groups is 1. The van der Waals surface area contributed by atoms with E-state index in [1.807, 2.05) is 0 Å². The molecule has 1 aliphatic heterocycles. The molecule has 0 spiro atoms. The summed E-state index contributed by atoms with van der Waals surface area (Å²) in [6, 6.07) is 2.97. The Bertz CT molecular complexity index is 579. The number of amides is 4. The van der Waals surface area contributed by atoms with Crippen LogP contribution in [0, 0.1) is 0 Å². The van der Waals surface area contributed by atoms with Gasteiger partial charge in [0.2, 0.25) is 5.91 Å². The third-order valence-corrected chi connectivity index (χ3v) is 2.39. The van der Waals surface area contributed by atoms with E-state index in [0.29, 0.717) is 4.90 Å². The number of primary amides is 2. The van der Waals surface area contributed by atoms with E-state index in [1.54, 1.807) is 0 Å².